The summed E-state index contributed by atoms with van der Waals surface area (Å²) in [5.74, 6) is 0.422. The number of anilines is 1. The molecule has 6 nitrogen and oxygen atoms in total. The molecule has 6 heteroatoms. The molecular formula is C12H17N3O3. The maximum atomic E-state index is 11.0. The molecule has 1 heterocycles. The molecule has 0 saturated heterocycles. The minimum Gasteiger partial charge on any atom is -0.480 e. The van der Waals surface area contributed by atoms with E-state index >= 15 is 0 Å². The van der Waals surface area contributed by atoms with E-state index in [1.54, 1.807) is 19.1 Å². The smallest absolute Gasteiger partial charge is 0.326 e. The predicted octanol–water partition coefficient (Wildman–Crippen LogP) is 1.62. The van der Waals surface area contributed by atoms with Crippen LogP contribution in [0.3, 0.4) is 0 Å². The lowest BCUT2D eigenvalue weighted by atomic mass is 10.2. The molecule has 1 unspecified atom stereocenters. The van der Waals surface area contributed by atoms with Crippen molar-refractivity contribution in [1.29, 1.82) is 0 Å². The first-order chi connectivity index (χ1) is 8.56. The summed E-state index contributed by atoms with van der Waals surface area (Å²) in [7, 11) is 0. The van der Waals surface area contributed by atoms with Crippen LogP contribution in [0.1, 0.15) is 19.2 Å². The maximum Gasteiger partial charge on any atom is 0.326 e. The lowest BCUT2D eigenvalue weighted by molar-refractivity contribution is -0.137. The van der Waals surface area contributed by atoms with Crippen molar-refractivity contribution in [3.8, 4) is 5.88 Å². The Morgan fingerprint density at radius 3 is 2.94 bits per heavy atom. The molecule has 0 aliphatic heterocycles. The molecule has 2 N–H and O–H groups in total. The molecule has 1 aromatic heterocycles. The van der Waals surface area contributed by atoms with E-state index in [0.29, 0.717) is 30.5 Å². The van der Waals surface area contributed by atoms with Crippen LogP contribution >= 0.6 is 0 Å². The normalized spacial score (nSPS) is 11.7. The van der Waals surface area contributed by atoms with Crippen LogP contribution in [0.4, 0.5) is 5.82 Å². The van der Waals surface area contributed by atoms with Crippen LogP contribution in [-0.4, -0.2) is 33.7 Å². The number of nitrogens with one attached hydrogen (secondary N) is 1. The van der Waals surface area contributed by atoms with Gasteiger partial charge in [-0.05, 0) is 20.3 Å². The fourth-order valence-electron chi connectivity index (χ4n) is 1.40. The van der Waals surface area contributed by atoms with Crippen LogP contribution in [0.2, 0.25) is 0 Å². The number of aliphatic carboxylic acids is 1. The number of ether oxygens (including phenoxy) is 1. The lowest BCUT2D eigenvalue weighted by Crippen LogP contribution is -2.29. The van der Waals surface area contributed by atoms with Crippen LogP contribution in [0.5, 0.6) is 5.88 Å². The third-order valence-electron chi connectivity index (χ3n) is 2.13. The topological polar surface area (TPSA) is 84.3 Å². The van der Waals surface area contributed by atoms with E-state index in [4.69, 9.17) is 9.84 Å². The summed E-state index contributed by atoms with van der Waals surface area (Å²) in [4.78, 5) is 19.2. The second-order valence-electron chi connectivity index (χ2n) is 3.63. The summed E-state index contributed by atoms with van der Waals surface area (Å²) in [6.45, 7) is 7.59. The van der Waals surface area contributed by atoms with Gasteiger partial charge in [0.25, 0.3) is 0 Å². The van der Waals surface area contributed by atoms with Crippen LogP contribution in [0.25, 0.3) is 0 Å². The number of rotatable bonds is 7. The van der Waals surface area contributed by atoms with Crippen molar-refractivity contribution in [3.63, 3.8) is 0 Å². The van der Waals surface area contributed by atoms with E-state index in [1.807, 2.05) is 6.92 Å². The molecule has 18 heavy (non-hydrogen) atoms. The highest BCUT2D eigenvalue weighted by Crippen LogP contribution is 2.15. The van der Waals surface area contributed by atoms with E-state index in [9.17, 15) is 4.79 Å². The summed E-state index contributed by atoms with van der Waals surface area (Å²) < 4.78 is 5.27. The van der Waals surface area contributed by atoms with Gasteiger partial charge in [-0.3, -0.25) is 0 Å². The fraction of sp³-hybridized carbons (Fsp3) is 0.417. The van der Waals surface area contributed by atoms with Gasteiger partial charge < -0.3 is 15.2 Å². The molecular weight excluding hydrogens is 234 g/mol. The summed E-state index contributed by atoms with van der Waals surface area (Å²) in [6.07, 6.45) is 1.85. The quantitative estimate of drug-likeness (QED) is 0.716. The molecule has 1 aromatic rings. The number of hydrogen-bond donors (Lipinski definition) is 2. The Labute approximate surface area is 106 Å². The van der Waals surface area contributed by atoms with E-state index in [1.165, 1.54) is 0 Å². The molecule has 0 spiro atoms. The number of carbonyl (C=O) groups is 1. The molecule has 0 bridgehead atoms. The van der Waals surface area contributed by atoms with Crippen molar-refractivity contribution in [2.45, 2.75) is 26.3 Å². The van der Waals surface area contributed by atoms with E-state index < -0.39 is 12.0 Å². The van der Waals surface area contributed by atoms with E-state index in [0.717, 1.165) is 0 Å². The molecule has 0 radical (unpaired) electrons. The molecule has 1 rings (SSSR count). The highest BCUT2D eigenvalue weighted by atomic mass is 16.5. The van der Waals surface area contributed by atoms with Gasteiger partial charge in [-0.1, -0.05) is 6.08 Å². The third-order valence-corrected chi connectivity index (χ3v) is 2.13. The van der Waals surface area contributed by atoms with Crippen LogP contribution in [0.15, 0.2) is 18.7 Å². The van der Waals surface area contributed by atoms with Gasteiger partial charge in [0.15, 0.2) is 0 Å². The van der Waals surface area contributed by atoms with Crippen molar-refractivity contribution in [3.05, 3.63) is 24.5 Å². The fourth-order valence-corrected chi connectivity index (χ4v) is 1.40. The van der Waals surface area contributed by atoms with Gasteiger partial charge in [-0.15, -0.1) is 6.58 Å². The Hall–Kier alpha value is -2.11. The number of aryl methyl sites for hydroxylation is 1. The van der Waals surface area contributed by atoms with Crippen molar-refractivity contribution in [2.75, 3.05) is 11.9 Å². The zero-order valence-corrected chi connectivity index (χ0v) is 10.5. The Bertz CT molecular complexity index is 435. The van der Waals surface area contributed by atoms with Crippen LogP contribution in [0, 0.1) is 6.92 Å². The summed E-state index contributed by atoms with van der Waals surface area (Å²) in [5, 5.41) is 11.8. The third kappa shape index (κ3) is 4.04. The first-order valence-electron chi connectivity index (χ1n) is 5.65. The zero-order valence-electron chi connectivity index (χ0n) is 10.5. The molecule has 0 aliphatic carbocycles. The standard InChI is InChI=1S/C12H17N3O3/c1-4-6-9(12(16)17)15-10-7-11(18-5-2)14-8(3)13-10/h4,7,9H,1,5-6H2,2-3H3,(H,16,17)(H,13,14,15). The van der Waals surface area contributed by atoms with Crippen LogP contribution < -0.4 is 10.1 Å². The molecule has 0 fully saturated rings. The molecule has 0 aromatic carbocycles. The number of carboxylic acids is 1. The van der Waals surface area contributed by atoms with Crippen molar-refractivity contribution < 1.29 is 14.6 Å². The average Bonchev–Trinajstić information content (AvgIpc) is 2.28. The van der Waals surface area contributed by atoms with Gasteiger partial charge in [-0.25, -0.2) is 9.78 Å². The summed E-state index contributed by atoms with van der Waals surface area (Å²) >= 11 is 0. The number of aromatic nitrogens is 2. The Balaban J connectivity index is 2.87. The summed E-state index contributed by atoms with van der Waals surface area (Å²) in [5.41, 5.74) is 0. The van der Waals surface area contributed by atoms with Crippen molar-refractivity contribution in [2.24, 2.45) is 0 Å². The first-order valence-corrected chi connectivity index (χ1v) is 5.65. The largest absolute Gasteiger partial charge is 0.480 e. The molecule has 0 saturated carbocycles. The second-order valence-corrected chi connectivity index (χ2v) is 3.63. The molecule has 0 amide bonds. The lowest BCUT2D eigenvalue weighted by Gasteiger charge is -2.14. The Morgan fingerprint density at radius 1 is 1.67 bits per heavy atom. The SMILES string of the molecule is C=CCC(Nc1cc(OCC)nc(C)n1)C(=O)O. The van der Waals surface area contributed by atoms with Crippen molar-refractivity contribution >= 4 is 11.8 Å². The number of nitrogens with zero attached hydrogens (tertiary/aromatic N) is 2. The van der Waals surface area contributed by atoms with Gasteiger partial charge in [0.05, 0.1) is 6.61 Å². The van der Waals surface area contributed by atoms with Gasteiger partial charge in [-0.2, -0.15) is 4.98 Å². The highest BCUT2D eigenvalue weighted by Gasteiger charge is 2.16. The number of hydrogen-bond acceptors (Lipinski definition) is 5. The molecule has 98 valence electrons. The summed E-state index contributed by atoms with van der Waals surface area (Å²) in [6, 6.07) is 0.821. The maximum absolute atomic E-state index is 11.0. The minimum absolute atomic E-state index is 0.308. The van der Waals surface area contributed by atoms with Crippen LogP contribution in [-0.2, 0) is 4.79 Å². The Kier molecular flexibility index (Phi) is 5.10. The van der Waals surface area contributed by atoms with E-state index in [2.05, 4.69) is 21.9 Å². The minimum atomic E-state index is -0.955. The second kappa shape index (κ2) is 6.58. The Morgan fingerprint density at radius 2 is 2.39 bits per heavy atom. The highest BCUT2D eigenvalue weighted by molar-refractivity contribution is 5.77. The predicted molar refractivity (Wildman–Crippen MR) is 67.8 cm³/mol. The number of carboxylic acid groups (broad SMARTS) is 1. The van der Waals surface area contributed by atoms with Crippen molar-refractivity contribution in [1.82, 2.24) is 9.97 Å². The first kappa shape index (κ1) is 14.0. The molecule has 0 aliphatic rings. The molecule has 1 atom stereocenters. The van der Waals surface area contributed by atoms with Gasteiger partial charge in [0.2, 0.25) is 5.88 Å². The van der Waals surface area contributed by atoms with E-state index in [-0.39, 0.29) is 0 Å². The average molecular weight is 251 g/mol. The monoisotopic (exact) mass is 251 g/mol. The van der Waals surface area contributed by atoms with Gasteiger partial charge >= 0.3 is 5.97 Å². The zero-order chi connectivity index (χ0) is 13.5. The van der Waals surface area contributed by atoms with Gasteiger partial charge in [0.1, 0.15) is 17.7 Å². The van der Waals surface area contributed by atoms with Gasteiger partial charge in [0, 0.05) is 6.07 Å².